The van der Waals surface area contributed by atoms with Crippen LogP contribution in [0.3, 0.4) is 0 Å². The number of hydrogen-bond donors (Lipinski definition) is 1. The zero-order valence-corrected chi connectivity index (χ0v) is 22.0. The topological polar surface area (TPSA) is 101 Å². The van der Waals surface area contributed by atoms with Crippen LogP contribution in [0.25, 0.3) is 22.5 Å². The summed E-state index contributed by atoms with van der Waals surface area (Å²) in [4.78, 5) is 28.5. The molecule has 0 saturated carbocycles. The van der Waals surface area contributed by atoms with Gasteiger partial charge >= 0.3 is 5.97 Å². The molecule has 1 N–H and O–H groups in total. The van der Waals surface area contributed by atoms with Crippen molar-refractivity contribution < 1.29 is 14.3 Å². The number of carbonyl (C=O) groups excluding carboxylic acids is 2. The highest BCUT2D eigenvalue weighted by atomic mass is 16.5. The van der Waals surface area contributed by atoms with Crippen LogP contribution < -0.4 is 4.90 Å². The number of carbonyl (C=O) groups is 2. The Labute approximate surface area is 223 Å². The molecule has 0 aliphatic carbocycles. The molecule has 196 valence electrons. The van der Waals surface area contributed by atoms with Crippen LogP contribution in [0.5, 0.6) is 0 Å². The van der Waals surface area contributed by atoms with E-state index < -0.39 is 12.0 Å². The largest absolute Gasteiger partial charge is 0.459 e. The molecule has 38 heavy (non-hydrogen) atoms. The van der Waals surface area contributed by atoms with Crippen molar-refractivity contribution >= 4 is 17.6 Å². The maximum atomic E-state index is 13.5. The molecule has 4 aromatic rings. The van der Waals surface area contributed by atoms with Crippen LogP contribution in [0.1, 0.15) is 45.6 Å². The average molecular weight is 512 g/mol. The smallest absolute Gasteiger partial charge is 0.329 e. The molecule has 1 heterocycles. The van der Waals surface area contributed by atoms with Gasteiger partial charge in [-0.05, 0) is 51.6 Å². The molecular formula is C30H33N5O3. The molecule has 1 atom stereocenters. The normalized spacial score (nSPS) is 11.8. The lowest BCUT2D eigenvalue weighted by Gasteiger charge is -2.33. The highest BCUT2D eigenvalue weighted by Crippen LogP contribution is 2.32. The van der Waals surface area contributed by atoms with Crippen molar-refractivity contribution in [2.45, 2.75) is 52.7 Å². The van der Waals surface area contributed by atoms with Crippen molar-refractivity contribution in [1.82, 2.24) is 20.6 Å². The molecule has 8 heteroatoms. The van der Waals surface area contributed by atoms with Crippen LogP contribution in [0.4, 0.5) is 5.69 Å². The SMILES string of the molecule is CCCCC(=O)N(c1ccc(-c2ccccc2-c2nnn[nH]2)cc1)C(C(=O)OCc1ccccc1)C(C)C. The molecule has 0 bridgehead atoms. The van der Waals surface area contributed by atoms with Gasteiger partial charge in [0.2, 0.25) is 5.91 Å². The Morgan fingerprint density at radius 3 is 2.24 bits per heavy atom. The van der Waals surface area contributed by atoms with Crippen molar-refractivity contribution in [3.63, 3.8) is 0 Å². The molecule has 4 rings (SSSR count). The van der Waals surface area contributed by atoms with E-state index in [1.165, 1.54) is 0 Å². The Kier molecular flexibility index (Phi) is 8.98. The first-order valence-electron chi connectivity index (χ1n) is 13.0. The van der Waals surface area contributed by atoms with Gasteiger partial charge in [0, 0.05) is 17.7 Å². The number of aromatic amines is 1. The summed E-state index contributed by atoms with van der Waals surface area (Å²) >= 11 is 0. The highest BCUT2D eigenvalue weighted by molar-refractivity contribution is 6.00. The molecule has 0 saturated heterocycles. The lowest BCUT2D eigenvalue weighted by Crippen LogP contribution is -2.49. The minimum Gasteiger partial charge on any atom is -0.459 e. The van der Waals surface area contributed by atoms with Crippen LogP contribution in [-0.4, -0.2) is 38.5 Å². The Bertz CT molecular complexity index is 1320. The number of H-pyrrole nitrogens is 1. The molecule has 1 unspecified atom stereocenters. The number of aromatic nitrogens is 4. The zero-order chi connectivity index (χ0) is 26.9. The lowest BCUT2D eigenvalue weighted by molar-refractivity contribution is -0.149. The van der Waals surface area contributed by atoms with E-state index in [9.17, 15) is 9.59 Å². The number of unbranched alkanes of at least 4 members (excludes halogenated alkanes) is 1. The van der Waals surface area contributed by atoms with Crippen molar-refractivity contribution in [3.05, 3.63) is 84.4 Å². The van der Waals surface area contributed by atoms with Crippen molar-refractivity contribution in [2.24, 2.45) is 5.92 Å². The number of ether oxygens (including phenoxy) is 1. The summed E-state index contributed by atoms with van der Waals surface area (Å²) in [6, 6.07) is 24.3. The van der Waals surface area contributed by atoms with E-state index in [4.69, 9.17) is 4.74 Å². The van der Waals surface area contributed by atoms with E-state index in [2.05, 4.69) is 20.6 Å². The summed E-state index contributed by atoms with van der Waals surface area (Å²) in [5, 5.41) is 14.3. The molecule has 0 spiro atoms. The molecule has 0 aliphatic heterocycles. The van der Waals surface area contributed by atoms with Gasteiger partial charge in [-0.25, -0.2) is 9.89 Å². The van der Waals surface area contributed by atoms with Gasteiger partial charge in [-0.3, -0.25) is 9.69 Å². The second-order valence-corrected chi connectivity index (χ2v) is 9.49. The zero-order valence-electron chi connectivity index (χ0n) is 22.0. The minimum absolute atomic E-state index is 0.0944. The fourth-order valence-electron chi connectivity index (χ4n) is 4.41. The predicted octanol–water partition coefficient (Wildman–Crippen LogP) is 5.82. The molecule has 8 nitrogen and oxygen atoms in total. The number of hydrogen-bond acceptors (Lipinski definition) is 6. The second kappa shape index (κ2) is 12.8. The van der Waals surface area contributed by atoms with Gasteiger partial charge in [0.05, 0.1) is 0 Å². The number of rotatable bonds is 11. The van der Waals surface area contributed by atoms with Crippen molar-refractivity contribution in [2.75, 3.05) is 4.90 Å². The number of benzene rings is 3. The summed E-state index contributed by atoms with van der Waals surface area (Å²) in [6.07, 6.45) is 1.99. The van der Waals surface area contributed by atoms with E-state index in [-0.39, 0.29) is 18.4 Å². The first kappa shape index (κ1) is 26.7. The fraction of sp³-hybridized carbons (Fsp3) is 0.300. The molecule has 0 fully saturated rings. The molecule has 0 aliphatic rings. The molecule has 1 aromatic heterocycles. The number of nitrogens with one attached hydrogen (secondary N) is 1. The maximum Gasteiger partial charge on any atom is 0.329 e. The number of amides is 1. The van der Waals surface area contributed by atoms with Crippen LogP contribution in [-0.2, 0) is 20.9 Å². The number of esters is 1. The number of nitrogens with zero attached hydrogens (tertiary/aromatic N) is 4. The molecular weight excluding hydrogens is 478 g/mol. The fourth-order valence-corrected chi connectivity index (χ4v) is 4.41. The van der Waals surface area contributed by atoms with Crippen LogP contribution >= 0.6 is 0 Å². The highest BCUT2D eigenvalue weighted by Gasteiger charge is 2.34. The minimum atomic E-state index is -0.749. The van der Waals surface area contributed by atoms with Gasteiger partial charge in [0.1, 0.15) is 12.6 Å². The van der Waals surface area contributed by atoms with Crippen LogP contribution in [0, 0.1) is 5.92 Å². The molecule has 3 aromatic carbocycles. The van der Waals surface area contributed by atoms with Gasteiger partial charge in [0.15, 0.2) is 5.82 Å². The van der Waals surface area contributed by atoms with E-state index in [1.54, 1.807) is 4.90 Å². The van der Waals surface area contributed by atoms with E-state index >= 15 is 0 Å². The third-order valence-electron chi connectivity index (χ3n) is 6.37. The number of anilines is 1. The summed E-state index contributed by atoms with van der Waals surface area (Å²) in [6.45, 7) is 6.07. The Morgan fingerprint density at radius 2 is 1.61 bits per heavy atom. The van der Waals surface area contributed by atoms with E-state index in [1.807, 2.05) is 99.6 Å². The van der Waals surface area contributed by atoms with Crippen molar-refractivity contribution in [3.8, 4) is 22.5 Å². The predicted molar refractivity (Wildman–Crippen MR) is 147 cm³/mol. The number of tetrazole rings is 1. The van der Waals surface area contributed by atoms with Gasteiger partial charge in [-0.1, -0.05) is 93.9 Å². The third-order valence-corrected chi connectivity index (χ3v) is 6.37. The molecule has 1 amide bonds. The van der Waals surface area contributed by atoms with E-state index in [0.29, 0.717) is 17.9 Å². The van der Waals surface area contributed by atoms with Crippen LogP contribution in [0.15, 0.2) is 78.9 Å². The summed E-state index contributed by atoms with van der Waals surface area (Å²) < 4.78 is 5.70. The average Bonchev–Trinajstić information content (AvgIpc) is 3.49. The lowest BCUT2D eigenvalue weighted by atomic mass is 9.97. The Balaban J connectivity index is 1.64. The Hall–Kier alpha value is -4.33. The van der Waals surface area contributed by atoms with Gasteiger partial charge in [0.25, 0.3) is 0 Å². The van der Waals surface area contributed by atoms with Gasteiger partial charge < -0.3 is 4.74 Å². The van der Waals surface area contributed by atoms with E-state index in [0.717, 1.165) is 35.1 Å². The van der Waals surface area contributed by atoms with Gasteiger partial charge in [-0.15, -0.1) is 5.10 Å². The molecule has 0 radical (unpaired) electrons. The first-order valence-corrected chi connectivity index (χ1v) is 13.0. The monoisotopic (exact) mass is 511 g/mol. The first-order chi connectivity index (χ1) is 18.5. The second-order valence-electron chi connectivity index (χ2n) is 9.49. The summed E-state index contributed by atoms with van der Waals surface area (Å²) in [7, 11) is 0. The summed E-state index contributed by atoms with van der Waals surface area (Å²) in [5.41, 5.74) is 4.31. The van der Waals surface area contributed by atoms with Gasteiger partial charge in [-0.2, -0.15) is 0 Å². The Morgan fingerprint density at radius 1 is 0.921 bits per heavy atom. The quantitative estimate of drug-likeness (QED) is 0.255. The van der Waals surface area contributed by atoms with Crippen molar-refractivity contribution in [1.29, 1.82) is 0 Å². The van der Waals surface area contributed by atoms with Crippen LogP contribution in [0.2, 0.25) is 0 Å². The summed E-state index contributed by atoms with van der Waals surface area (Å²) in [5.74, 6) is -0.0886. The standard InChI is InChI=1S/C30H33N5O3/c1-4-5-15-27(36)35(28(21(2)3)30(37)38-20-22-11-7-6-8-12-22)24-18-16-23(17-19-24)25-13-9-10-14-26(25)29-31-33-34-32-29/h6-14,16-19,21,28H,4-5,15,20H2,1-3H3,(H,31,32,33,34). The maximum absolute atomic E-state index is 13.5. The third kappa shape index (κ3) is 6.32.